The molecule has 9 heteroatoms. The van der Waals surface area contributed by atoms with Gasteiger partial charge in [0, 0.05) is 37.7 Å². The smallest absolute Gasteiger partial charge is 0.258 e. The third-order valence-corrected chi connectivity index (χ3v) is 5.43. The lowest BCUT2D eigenvalue weighted by atomic mass is 9.98. The van der Waals surface area contributed by atoms with Gasteiger partial charge in [-0.3, -0.25) is 19.6 Å². The Balaban J connectivity index is 1.66. The van der Waals surface area contributed by atoms with Gasteiger partial charge in [-0.15, -0.1) is 0 Å². The Kier molecular flexibility index (Phi) is 6.99. The van der Waals surface area contributed by atoms with Crippen LogP contribution in [0.4, 0.5) is 5.69 Å². The van der Waals surface area contributed by atoms with E-state index < -0.39 is 5.91 Å². The van der Waals surface area contributed by atoms with Crippen molar-refractivity contribution < 1.29 is 29.8 Å². The molecule has 2 aromatic rings. The van der Waals surface area contributed by atoms with E-state index >= 15 is 0 Å². The molecule has 3 amide bonds. The van der Waals surface area contributed by atoms with Crippen molar-refractivity contribution in [2.45, 2.75) is 52.1 Å². The first-order chi connectivity index (χ1) is 15.2. The van der Waals surface area contributed by atoms with E-state index in [4.69, 9.17) is 5.21 Å². The Bertz CT molecular complexity index is 1050. The Morgan fingerprint density at radius 1 is 0.969 bits per heavy atom. The third-order valence-electron chi connectivity index (χ3n) is 5.43. The Hall–Kier alpha value is -3.59. The van der Waals surface area contributed by atoms with Gasteiger partial charge in [0.2, 0.25) is 11.8 Å². The van der Waals surface area contributed by atoms with Crippen molar-refractivity contribution in [2.75, 3.05) is 5.32 Å². The molecule has 0 atom stereocenters. The highest BCUT2D eigenvalue weighted by Crippen LogP contribution is 2.34. The van der Waals surface area contributed by atoms with Crippen molar-refractivity contribution in [3.05, 3.63) is 52.6 Å². The molecule has 0 radical (unpaired) electrons. The van der Waals surface area contributed by atoms with Gasteiger partial charge in [0.1, 0.15) is 11.5 Å². The van der Waals surface area contributed by atoms with Crippen LogP contribution in [0.3, 0.4) is 0 Å². The van der Waals surface area contributed by atoms with Crippen molar-refractivity contribution in [1.29, 1.82) is 0 Å². The van der Waals surface area contributed by atoms with E-state index in [2.05, 4.69) is 5.32 Å². The maximum Gasteiger partial charge on any atom is 0.258 e. The van der Waals surface area contributed by atoms with Crippen molar-refractivity contribution in [2.24, 2.45) is 0 Å². The molecule has 9 nitrogen and oxygen atoms in total. The van der Waals surface area contributed by atoms with Crippen molar-refractivity contribution in [3.8, 4) is 11.5 Å². The van der Waals surface area contributed by atoms with Gasteiger partial charge in [-0.1, -0.05) is 19.9 Å². The number of anilines is 1. The van der Waals surface area contributed by atoms with Crippen LogP contribution >= 0.6 is 0 Å². The summed E-state index contributed by atoms with van der Waals surface area (Å²) in [7, 11) is 0. The molecular weight excluding hydrogens is 414 g/mol. The summed E-state index contributed by atoms with van der Waals surface area (Å²) in [4.78, 5) is 37.7. The molecule has 1 aliphatic heterocycles. The fourth-order valence-electron chi connectivity index (χ4n) is 3.70. The normalized spacial score (nSPS) is 12.6. The van der Waals surface area contributed by atoms with E-state index in [1.54, 1.807) is 17.0 Å². The number of amides is 3. The van der Waals surface area contributed by atoms with E-state index in [0.717, 1.165) is 11.1 Å². The fraction of sp³-hybridized carbons (Fsp3) is 0.348. The lowest BCUT2D eigenvalue weighted by molar-refractivity contribution is -0.129. The largest absolute Gasteiger partial charge is 0.508 e. The van der Waals surface area contributed by atoms with Crippen LogP contribution in [0.1, 0.15) is 66.1 Å². The maximum absolute atomic E-state index is 13.0. The molecule has 0 aliphatic carbocycles. The SMILES string of the molecule is CC(C)c1cc(C(=O)N2Cc3ccc(NC(=O)CCCC(=O)NO)cc3C2)c(O)cc1O. The molecule has 0 bridgehead atoms. The molecule has 0 fully saturated rings. The molecular formula is C23H27N3O6. The van der Waals surface area contributed by atoms with Gasteiger partial charge in [-0.25, -0.2) is 5.48 Å². The van der Waals surface area contributed by atoms with Gasteiger partial charge in [0.15, 0.2) is 0 Å². The standard InChI is InChI=1S/C23H27N3O6/c1-13(2)17-9-18(20(28)10-19(17)27)23(31)26-11-14-6-7-16(8-15(14)12-26)24-21(29)4-3-5-22(30)25-32/h6-10,13,27-28,32H,3-5,11-12H2,1-2H3,(H,24,29)(H,25,30). The van der Waals surface area contributed by atoms with Gasteiger partial charge in [0.25, 0.3) is 5.91 Å². The number of fused-ring (bicyclic) bond motifs is 1. The summed E-state index contributed by atoms with van der Waals surface area (Å²) in [6, 6.07) is 8.12. The minimum Gasteiger partial charge on any atom is -0.508 e. The molecule has 1 heterocycles. The predicted octanol–water partition coefficient (Wildman–Crippen LogP) is 2.99. The van der Waals surface area contributed by atoms with Crippen LogP contribution in [0.25, 0.3) is 0 Å². The summed E-state index contributed by atoms with van der Waals surface area (Å²) in [5.74, 6) is -1.46. The number of aromatic hydroxyl groups is 2. The van der Waals surface area contributed by atoms with Gasteiger partial charge in [-0.05, 0) is 47.2 Å². The zero-order valence-electron chi connectivity index (χ0n) is 18.0. The van der Waals surface area contributed by atoms with Gasteiger partial charge < -0.3 is 20.4 Å². The first-order valence-electron chi connectivity index (χ1n) is 10.4. The van der Waals surface area contributed by atoms with Crippen molar-refractivity contribution in [1.82, 2.24) is 10.4 Å². The fourth-order valence-corrected chi connectivity index (χ4v) is 3.70. The number of carbonyl (C=O) groups excluding carboxylic acids is 3. The lowest BCUT2D eigenvalue weighted by Crippen LogP contribution is -2.25. The van der Waals surface area contributed by atoms with Gasteiger partial charge >= 0.3 is 0 Å². The monoisotopic (exact) mass is 441 g/mol. The van der Waals surface area contributed by atoms with Crippen LogP contribution in [0, 0.1) is 0 Å². The Morgan fingerprint density at radius 2 is 1.66 bits per heavy atom. The first kappa shape index (κ1) is 23.1. The number of phenolic OH excluding ortho intramolecular Hbond substituents is 2. The molecule has 0 saturated carbocycles. The number of hydrogen-bond acceptors (Lipinski definition) is 6. The minimum absolute atomic E-state index is 0.0119. The topological polar surface area (TPSA) is 139 Å². The second-order valence-corrected chi connectivity index (χ2v) is 8.16. The summed E-state index contributed by atoms with van der Waals surface area (Å²) in [5, 5.41) is 31.5. The van der Waals surface area contributed by atoms with E-state index in [9.17, 15) is 24.6 Å². The molecule has 1 aliphatic rings. The summed E-state index contributed by atoms with van der Waals surface area (Å²) < 4.78 is 0. The van der Waals surface area contributed by atoms with Crippen LogP contribution in [-0.2, 0) is 22.7 Å². The highest BCUT2D eigenvalue weighted by Gasteiger charge is 2.27. The summed E-state index contributed by atoms with van der Waals surface area (Å²) >= 11 is 0. The highest BCUT2D eigenvalue weighted by molar-refractivity contribution is 5.98. The second-order valence-electron chi connectivity index (χ2n) is 8.16. The van der Waals surface area contributed by atoms with E-state index in [-0.39, 0.29) is 47.6 Å². The van der Waals surface area contributed by atoms with E-state index in [1.807, 2.05) is 19.9 Å². The van der Waals surface area contributed by atoms with Crippen LogP contribution in [-0.4, -0.2) is 38.0 Å². The molecule has 5 N–H and O–H groups in total. The number of phenols is 2. The van der Waals surface area contributed by atoms with Crippen LogP contribution in [0.15, 0.2) is 30.3 Å². The Labute approximate surface area is 185 Å². The number of nitrogens with zero attached hydrogens (tertiary/aromatic N) is 1. The number of nitrogens with one attached hydrogen (secondary N) is 2. The van der Waals surface area contributed by atoms with Gasteiger partial charge in [0.05, 0.1) is 5.56 Å². The van der Waals surface area contributed by atoms with Gasteiger partial charge in [-0.2, -0.15) is 0 Å². The number of hydroxylamine groups is 1. The van der Waals surface area contributed by atoms with Crippen molar-refractivity contribution >= 4 is 23.4 Å². The second kappa shape index (κ2) is 9.69. The molecule has 0 unspecified atom stereocenters. The molecule has 3 rings (SSSR count). The molecule has 2 aromatic carbocycles. The molecule has 170 valence electrons. The number of carbonyl (C=O) groups is 3. The third kappa shape index (κ3) is 5.17. The lowest BCUT2D eigenvalue weighted by Gasteiger charge is -2.18. The minimum atomic E-state index is -0.541. The highest BCUT2D eigenvalue weighted by atomic mass is 16.5. The summed E-state index contributed by atoms with van der Waals surface area (Å²) in [6.07, 6.45) is 0.487. The molecule has 0 saturated heterocycles. The number of rotatable bonds is 7. The summed E-state index contributed by atoms with van der Waals surface area (Å²) in [5.41, 5.74) is 4.67. The zero-order chi connectivity index (χ0) is 23.4. The number of benzene rings is 2. The molecule has 32 heavy (non-hydrogen) atoms. The Morgan fingerprint density at radius 3 is 2.34 bits per heavy atom. The summed E-state index contributed by atoms with van der Waals surface area (Å²) in [6.45, 7) is 4.48. The zero-order valence-corrected chi connectivity index (χ0v) is 18.0. The van der Waals surface area contributed by atoms with Crippen molar-refractivity contribution in [3.63, 3.8) is 0 Å². The first-order valence-corrected chi connectivity index (χ1v) is 10.4. The van der Waals surface area contributed by atoms with Crippen LogP contribution in [0.2, 0.25) is 0 Å². The molecule has 0 spiro atoms. The maximum atomic E-state index is 13.0. The van der Waals surface area contributed by atoms with Crippen LogP contribution < -0.4 is 10.8 Å². The van der Waals surface area contributed by atoms with E-state index in [1.165, 1.54) is 17.6 Å². The predicted molar refractivity (Wildman–Crippen MR) is 116 cm³/mol. The average Bonchev–Trinajstić information content (AvgIpc) is 3.16. The quantitative estimate of drug-likeness (QED) is 0.331. The number of hydrogen-bond donors (Lipinski definition) is 5. The van der Waals surface area contributed by atoms with Crippen LogP contribution in [0.5, 0.6) is 11.5 Å². The average molecular weight is 441 g/mol. The van der Waals surface area contributed by atoms with E-state index in [0.29, 0.717) is 30.8 Å². The molecule has 0 aromatic heterocycles.